The third kappa shape index (κ3) is 1.93. The minimum absolute atomic E-state index is 0.537. The summed E-state index contributed by atoms with van der Waals surface area (Å²) in [5.41, 5.74) is 0. The third-order valence-electron chi connectivity index (χ3n) is 3.64. The van der Waals surface area contributed by atoms with Crippen molar-refractivity contribution in [1.82, 2.24) is 15.5 Å². The highest BCUT2D eigenvalue weighted by Gasteiger charge is 2.23. The molecule has 2 aromatic rings. The van der Waals surface area contributed by atoms with E-state index in [4.69, 9.17) is 0 Å². The van der Waals surface area contributed by atoms with Crippen LogP contribution in [0.2, 0.25) is 0 Å². The number of hydrogen-bond acceptors (Lipinski definition) is 4. The van der Waals surface area contributed by atoms with Gasteiger partial charge in [-0.25, -0.2) is 0 Å². The van der Waals surface area contributed by atoms with Crippen molar-refractivity contribution >= 4 is 16.6 Å². The molecular weight excluding hydrogens is 224 g/mol. The van der Waals surface area contributed by atoms with Crippen LogP contribution in [-0.2, 0) is 0 Å². The molecule has 0 spiro atoms. The van der Waals surface area contributed by atoms with E-state index in [1.807, 2.05) is 12.3 Å². The number of anilines is 1. The van der Waals surface area contributed by atoms with Crippen LogP contribution in [0.1, 0.15) is 13.3 Å². The van der Waals surface area contributed by atoms with E-state index in [1.54, 1.807) is 0 Å². The standard InChI is InChI=1S/C14H18N4/c1-2-18(12-7-8-15-10-12)14-13-6-4-3-5-11(13)9-16-17-14/h3-6,9,12,15H,2,7-8,10H2,1H3. The summed E-state index contributed by atoms with van der Waals surface area (Å²) in [5, 5.41) is 14.3. The highest BCUT2D eigenvalue weighted by atomic mass is 15.3. The van der Waals surface area contributed by atoms with E-state index in [9.17, 15) is 0 Å². The molecule has 0 saturated carbocycles. The SMILES string of the molecule is CCN(c1nncc2ccccc12)C1CCNC1. The fraction of sp³-hybridized carbons (Fsp3) is 0.429. The molecule has 0 amide bonds. The van der Waals surface area contributed by atoms with Gasteiger partial charge in [0.15, 0.2) is 5.82 Å². The van der Waals surface area contributed by atoms with Gasteiger partial charge >= 0.3 is 0 Å². The summed E-state index contributed by atoms with van der Waals surface area (Å²) in [7, 11) is 0. The third-order valence-corrected chi connectivity index (χ3v) is 3.64. The van der Waals surface area contributed by atoms with Gasteiger partial charge in [0.1, 0.15) is 0 Å². The Morgan fingerprint density at radius 2 is 2.28 bits per heavy atom. The molecule has 1 N–H and O–H groups in total. The van der Waals surface area contributed by atoms with Crippen molar-refractivity contribution < 1.29 is 0 Å². The van der Waals surface area contributed by atoms with Crippen LogP contribution in [0.15, 0.2) is 30.5 Å². The Kier molecular flexibility index (Phi) is 3.11. The molecule has 0 bridgehead atoms. The molecule has 18 heavy (non-hydrogen) atoms. The Balaban J connectivity index is 2.06. The van der Waals surface area contributed by atoms with Crippen LogP contribution >= 0.6 is 0 Å². The highest BCUT2D eigenvalue weighted by Crippen LogP contribution is 2.25. The van der Waals surface area contributed by atoms with Crippen molar-refractivity contribution in [2.24, 2.45) is 0 Å². The first-order chi connectivity index (χ1) is 8.90. The minimum Gasteiger partial charge on any atom is -0.351 e. The molecule has 0 aliphatic carbocycles. The largest absolute Gasteiger partial charge is 0.351 e. The number of nitrogens with zero attached hydrogens (tertiary/aromatic N) is 3. The Labute approximate surface area is 107 Å². The van der Waals surface area contributed by atoms with Gasteiger partial charge in [-0.05, 0) is 19.9 Å². The van der Waals surface area contributed by atoms with E-state index in [2.05, 4.69) is 45.5 Å². The topological polar surface area (TPSA) is 41.1 Å². The fourth-order valence-corrected chi connectivity index (χ4v) is 2.71. The molecule has 1 aromatic heterocycles. The Morgan fingerprint density at radius 3 is 3.06 bits per heavy atom. The molecule has 1 saturated heterocycles. The van der Waals surface area contributed by atoms with Crippen LogP contribution in [0.25, 0.3) is 10.8 Å². The van der Waals surface area contributed by atoms with Gasteiger partial charge in [-0.2, -0.15) is 5.10 Å². The number of benzene rings is 1. The number of rotatable bonds is 3. The average Bonchev–Trinajstić information content (AvgIpc) is 2.94. The number of hydrogen-bond donors (Lipinski definition) is 1. The molecular formula is C14H18N4. The van der Waals surface area contributed by atoms with Gasteiger partial charge in [-0.15, -0.1) is 5.10 Å². The van der Waals surface area contributed by atoms with Crippen molar-refractivity contribution in [2.45, 2.75) is 19.4 Å². The maximum absolute atomic E-state index is 4.37. The average molecular weight is 242 g/mol. The molecule has 1 aromatic carbocycles. The summed E-state index contributed by atoms with van der Waals surface area (Å²) in [5.74, 6) is 1.02. The molecule has 1 fully saturated rings. The minimum atomic E-state index is 0.537. The predicted molar refractivity (Wildman–Crippen MR) is 73.8 cm³/mol. The lowest BCUT2D eigenvalue weighted by atomic mass is 10.1. The van der Waals surface area contributed by atoms with Crippen molar-refractivity contribution in [3.8, 4) is 0 Å². The zero-order valence-corrected chi connectivity index (χ0v) is 10.6. The van der Waals surface area contributed by atoms with Crippen LogP contribution in [0, 0.1) is 0 Å². The molecule has 0 radical (unpaired) electrons. The number of aromatic nitrogens is 2. The van der Waals surface area contributed by atoms with Crippen molar-refractivity contribution in [3.05, 3.63) is 30.5 Å². The molecule has 1 unspecified atom stereocenters. The Bertz CT molecular complexity index is 529. The number of nitrogens with one attached hydrogen (secondary N) is 1. The van der Waals surface area contributed by atoms with E-state index in [-0.39, 0.29) is 0 Å². The summed E-state index contributed by atoms with van der Waals surface area (Å²) < 4.78 is 0. The van der Waals surface area contributed by atoms with E-state index >= 15 is 0 Å². The van der Waals surface area contributed by atoms with Gasteiger partial charge in [-0.1, -0.05) is 24.3 Å². The molecule has 3 rings (SSSR count). The lowest BCUT2D eigenvalue weighted by Crippen LogP contribution is -2.37. The first-order valence-corrected chi connectivity index (χ1v) is 6.58. The van der Waals surface area contributed by atoms with Gasteiger partial charge in [-0.3, -0.25) is 0 Å². The van der Waals surface area contributed by atoms with E-state index in [1.165, 1.54) is 11.8 Å². The first-order valence-electron chi connectivity index (χ1n) is 6.58. The molecule has 1 atom stereocenters. The van der Waals surface area contributed by atoms with Gasteiger partial charge in [0.05, 0.1) is 6.20 Å². The second-order valence-electron chi connectivity index (χ2n) is 4.69. The summed E-state index contributed by atoms with van der Waals surface area (Å²) in [4.78, 5) is 2.37. The predicted octanol–water partition coefficient (Wildman–Crippen LogP) is 1.82. The summed E-state index contributed by atoms with van der Waals surface area (Å²) in [6.45, 7) is 5.29. The second kappa shape index (κ2) is 4.90. The molecule has 4 nitrogen and oxygen atoms in total. The normalized spacial score (nSPS) is 19.3. The van der Waals surface area contributed by atoms with Gasteiger partial charge in [0.25, 0.3) is 0 Å². The van der Waals surface area contributed by atoms with Crippen LogP contribution in [0.5, 0.6) is 0 Å². The quantitative estimate of drug-likeness (QED) is 0.891. The Morgan fingerprint density at radius 1 is 1.39 bits per heavy atom. The lowest BCUT2D eigenvalue weighted by Gasteiger charge is -2.28. The summed E-state index contributed by atoms with van der Waals surface area (Å²) >= 11 is 0. The highest BCUT2D eigenvalue weighted by molar-refractivity contribution is 5.91. The monoisotopic (exact) mass is 242 g/mol. The Hall–Kier alpha value is -1.68. The zero-order chi connectivity index (χ0) is 12.4. The van der Waals surface area contributed by atoms with Crippen LogP contribution < -0.4 is 10.2 Å². The molecule has 1 aliphatic heterocycles. The second-order valence-corrected chi connectivity index (χ2v) is 4.69. The molecule has 2 heterocycles. The van der Waals surface area contributed by atoms with Crippen LogP contribution in [-0.4, -0.2) is 35.9 Å². The summed E-state index contributed by atoms with van der Waals surface area (Å²) in [6.07, 6.45) is 3.01. The van der Waals surface area contributed by atoms with Crippen molar-refractivity contribution in [2.75, 3.05) is 24.5 Å². The van der Waals surface area contributed by atoms with Crippen LogP contribution in [0.3, 0.4) is 0 Å². The van der Waals surface area contributed by atoms with Crippen molar-refractivity contribution in [3.63, 3.8) is 0 Å². The number of fused-ring (bicyclic) bond motifs is 1. The van der Waals surface area contributed by atoms with E-state index in [0.29, 0.717) is 6.04 Å². The number of likely N-dealkylation sites (N-methyl/N-ethyl adjacent to an activating group) is 1. The van der Waals surface area contributed by atoms with Gasteiger partial charge < -0.3 is 10.2 Å². The molecule has 1 aliphatic rings. The fourth-order valence-electron chi connectivity index (χ4n) is 2.71. The van der Waals surface area contributed by atoms with Gasteiger partial charge in [0, 0.05) is 29.9 Å². The zero-order valence-electron chi connectivity index (χ0n) is 10.6. The molecule has 94 valence electrons. The van der Waals surface area contributed by atoms with E-state index < -0.39 is 0 Å². The van der Waals surface area contributed by atoms with Gasteiger partial charge in [0.2, 0.25) is 0 Å². The molecule has 4 heteroatoms. The van der Waals surface area contributed by atoms with E-state index in [0.717, 1.165) is 30.8 Å². The maximum Gasteiger partial charge on any atom is 0.159 e. The van der Waals surface area contributed by atoms with Crippen LogP contribution in [0.4, 0.5) is 5.82 Å². The smallest absolute Gasteiger partial charge is 0.159 e. The summed E-state index contributed by atoms with van der Waals surface area (Å²) in [6, 6.07) is 8.86. The lowest BCUT2D eigenvalue weighted by molar-refractivity contribution is 0.638. The maximum atomic E-state index is 4.37. The van der Waals surface area contributed by atoms with Crippen molar-refractivity contribution in [1.29, 1.82) is 0 Å². The first kappa shape index (κ1) is 11.4.